The van der Waals surface area contributed by atoms with Gasteiger partial charge in [-0.15, -0.1) is 0 Å². The van der Waals surface area contributed by atoms with Crippen molar-refractivity contribution in [2.75, 3.05) is 7.11 Å². The number of aliphatic hydroxyl groups excluding tert-OH is 1. The fourth-order valence-corrected chi connectivity index (χ4v) is 2.96. The van der Waals surface area contributed by atoms with Crippen molar-refractivity contribution in [3.05, 3.63) is 34.9 Å². The maximum atomic E-state index is 10.6. The monoisotopic (exact) mass is 254 g/mol. The van der Waals surface area contributed by atoms with Crippen LogP contribution in [0, 0.1) is 0 Å². The lowest BCUT2D eigenvalue weighted by Gasteiger charge is -2.40. The Kier molecular flexibility index (Phi) is 4.08. The van der Waals surface area contributed by atoms with Crippen LogP contribution >= 0.6 is 11.6 Å². The fourth-order valence-electron chi connectivity index (χ4n) is 2.72. The second-order valence-electron chi connectivity index (χ2n) is 4.75. The van der Waals surface area contributed by atoms with Gasteiger partial charge in [-0.3, -0.25) is 0 Å². The quantitative estimate of drug-likeness (QED) is 0.891. The molecule has 1 aromatic carbocycles. The highest BCUT2D eigenvalue weighted by Crippen LogP contribution is 2.42. The van der Waals surface area contributed by atoms with Gasteiger partial charge >= 0.3 is 0 Å². The van der Waals surface area contributed by atoms with Crippen LogP contribution in [0.15, 0.2) is 24.3 Å². The molecule has 0 saturated heterocycles. The highest BCUT2D eigenvalue weighted by Gasteiger charge is 2.40. The molecular weight excluding hydrogens is 236 g/mol. The van der Waals surface area contributed by atoms with E-state index in [0.29, 0.717) is 5.02 Å². The summed E-state index contributed by atoms with van der Waals surface area (Å²) in [5.74, 6) is 0. The number of methoxy groups -OCH3 is 1. The molecule has 1 atom stereocenters. The highest BCUT2D eigenvalue weighted by molar-refractivity contribution is 6.31. The SMILES string of the molecule is COC1(C(O)c2ccccc2Cl)CCCCC1. The number of hydrogen-bond acceptors (Lipinski definition) is 2. The molecule has 1 saturated carbocycles. The Hall–Kier alpha value is -0.570. The summed E-state index contributed by atoms with van der Waals surface area (Å²) in [5, 5.41) is 11.2. The van der Waals surface area contributed by atoms with Gasteiger partial charge < -0.3 is 9.84 Å². The van der Waals surface area contributed by atoms with E-state index >= 15 is 0 Å². The van der Waals surface area contributed by atoms with Gasteiger partial charge in [0.05, 0.1) is 5.60 Å². The van der Waals surface area contributed by atoms with Crippen molar-refractivity contribution < 1.29 is 9.84 Å². The van der Waals surface area contributed by atoms with E-state index in [1.54, 1.807) is 7.11 Å². The molecule has 0 aliphatic heterocycles. The normalized spacial score (nSPS) is 21.1. The van der Waals surface area contributed by atoms with E-state index in [9.17, 15) is 5.11 Å². The first-order valence-electron chi connectivity index (χ1n) is 6.17. The summed E-state index contributed by atoms with van der Waals surface area (Å²) in [6.07, 6.45) is 4.60. The number of ether oxygens (including phenoxy) is 1. The van der Waals surface area contributed by atoms with E-state index in [1.165, 1.54) is 6.42 Å². The van der Waals surface area contributed by atoms with Crippen LogP contribution in [0.3, 0.4) is 0 Å². The molecule has 0 heterocycles. The molecule has 0 radical (unpaired) electrons. The Morgan fingerprint density at radius 3 is 2.47 bits per heavy atom. The van der Waals surface area contributed by atoms with Crippen LogP contribution in [-0.4, -0.2) is 17.8 Å². The molecule has 1 aliphatic rings. The summed E-state index contributed by atoms with van der Waals surface area (Å²) in [7, 11) is 1.69. The molecule has 1 fully saturated rings. The zero-order chi connectivity index (χ0) is 12.3. The Bertz CT molecular complexity index is 372. The smallest absolute Gasteiger partial charge is 0.109 e. The van der Waals surface area contributed by atoms with E-state index < -0.39 is 11.7 Å². The van der Waals surface area contributed by atoms with Gasteiger partial charge in [0.2, 0.25) is 0 Å². The predicted molar refractivity (Wildman–Crippen MR) is 69.2 cm³/mol. The van der Waals surface area contributed by atoms with Crippen LogP contribution < -0.4 is 0 Å². The second-order valence-corrected chi connectivity index (χ2v) is 5.16. The van der Waals surface area contributed by atoms with Crippen molar-refractivity contribution in [3.63, 3.8) is 0 Å². The van der Waals surface area contributed by atoms with E-state index in [0.717, 1.165) is 31.2 Å². The van der Waals surface area contributed by atoms with E-state index in [-0.39, 0.29) is 0 Å². The standard InChI is InChI=1S/C14H19ClO2/c1-17-14(9-5-2-6-10-14)13(16)11-7-3-4-8-12(11)15/h3-4,7-8,13,16H,2,5-6,9-10H2,1H3. The third kappa shape index (κ3) is 2.49. The second kappa shape index (κ2) is 5.38. The molecule has 1 aromatic rings. The van der Waals surface area contributed by atoms with Gasteiger partial charge in [-0.25, -0.2) is 0 Å². The van der Waals surface area contributed by atoms with Crippen LogP contribution in [-0.2, 0) is 4.74 Å². The number of aliphatic hydroxyl groups is 1. The number of halogens is 1. The van der Waals surface area contributed by atoms with E-state index in [1.807, 2.05) is 24.3 Å². The molecule has 0 aromatic heterocycles. The summed E-state index contributed by atoms with van der Waals surface area (Å²) < 4.78 is 5.64. The van der Waals surface area contributed by atoms with Gasteiger partial charge in [0, 0.05) is 17.7 Å². The lowest BCUT2D eigenvalue weighted by Crippen LogP contribution is -2.40. The molecule has 2 rings (SSSR count). The van der Waals surface area contributed by atoms with Crippen molar-refractivity contribution >= 4 is 11.6 Å². The number of hydrogen-bond donors (Lipinski definition) is 1. The summed E-state index contributed by atoms with van der Waals surface area (Å²) in [6, 6.07) is 7.46. The minimum atomic E-state index is -0.638. The van der Waals surface area contributed by atoms with Gasteiger partial charge in [-0.2, -0.15) is 0 Å². The zero-order valence-corrected chi connectivity index (χ0v) is 10.9. The molecule has 1 unspecified atom stereocenters. The summed E-state index contributed by atoms with van der Waals surface area (Å²) in [6.45, 7) is 0. The topological polar surface area (TPSA) is 29.5 Å². The molecule has 3 heteroatoms. The Balaban J connectivity index is 2.28. The first kappa shape index (κ1) is 12.9. The first-order chi connectivity index (χ1) is 8.19. The van der Waals surface area contributed by atoms with Crippen molar-refractivity contribution in [2.45, 2.75) is 43.8 Å². The van der Waals surface area contributed by atoms with Crippen LogP contribution in [0.5, 0.6) is 0 Å². The van der Waals surface area contributed by atoms with Crippen molar-refractivity contribution in [1.82, 2.24) is 0 Å². The summed E-state index contributed by atoms with van der Waals surface area (Å²) in [4.78, 5) is 0. The largest absolute Gasteiger partial charge is 0.385 e. The van der Waals surface area contributed by atoms with Gasteiger partial charge in [-0.1, -0.05) is 49.1 Å². The van der Waals surface area contributed by atoms with Crippen molar-refractivity contribution in [2.24, 2.45) is 0 Å². The summed E-state index contributed by atoms with van der Waals surface area (Å²) >= 11 is 6.14. The van der Waals surface area contributed by atoms with Gasteiger partial charge in [0.15, 0.2) is 0 Å². The summed E-state index contributed by atoms with van der Waals surface area (Å²) in [5.41, 5.74) is 0.321. The number of rotatable bonds is 3. The van der Waals surface area contributed by atoms with E-state index in [2.05, 4.69) is 0 Å². The molecule has 1 aliphatic carbocycles. The first-order valence-corrected chi connectivity index (χ1v) is 6.55. The Morgan fingerprint density at radius 1 is 1.24 bits per heavy atom. The highest BCUT2D eigenvalue weighted by atomic mass is 35.5. The van der Waals surface area contributed by atoms with Gasteiger partial charge in [-0.05, 0) is 18.9 Å². The van der Waals surface area contributed by atoms with Gasteiger partial charge in [0.1, 0.15) is 6.10 Å². The lowest BCUT2D eigenvalue weighted by molar-refractivity contribution is -0.125. The molecular formula is C14H19ClO2. The average Bonchev–Trinajstić information content (AvgIpc) is 2.39. The van der Waals surface area contributed by atoms with Crippen LogP contribution in [0.25, 0.3) is 0 Å². The predicted octanol–water partition coefficient (Wildman–Crippen LogP) is 3.72. The third-order valence-electron chi connectivity index (χ3n) is 3.80. The van der Waals surface area contributed by atoms with E-state index in [4.69, 9.17) is 16.3 Å². The molecule has 0 spiro atoms. The molecule has 0 amide bonds. The van der Waals surface area contributed by atoms with Crippen LogP contribution in [0.4, 0.5) is 0 Å². The van der Waals surface area contributed by atoms with Crippen molar-refractivity contribution in [1.29, 1.82) is 0 Å². The number of benzene rings is 1. The fraction of sp³-hybridized carbons (Fsp3) is 0.571. The van der Waals surface area contributed by atoms with Crippen LogP contribution in [0.2, 0.25) is 5.02 Å². The zero-order valence-electron chi connectivity index (χ0n) is 10.2. The molecule has 94 valence electrons. The molecule has 1 N–H and O–H groups in total. The third-order valence-corrected chi connectivity index (χ3v) is 4.15. The lowest BCUT2D eigenvalue weighted by atomic mass is 9.78. The maximum absolute atomic E-state index is 10.6. The molecule has 2 nitrogen and oxygen atoms in total. The van der Waals surface area contributed by atoms with Crippen molar-refractivity contribution in [3.8, 4) is 0 Å². The molecule has 17 heavy (non-hydrogen) atoms. The Labute approximate surface area is 108 Å². The maximum Gasteiger partial charge on any atom is 0.109 e. The Morgan fingerprint density at radius 2 is 1.88 bits per heavy atom. The molecule has 0 bridgehead atoms. The van der Waals surface area contributed by atoms with Crippen LogP contribution in [0.1, 0.15) is 43.8 Å². The van der Waals surface area contributed by atoms with Gasteiger partial charge in [0.25, 0.3) is 0 Å². The minimum Gasteiger partial charge on any atom is -0.385 e. The average molecular weight is 255 g/mol. The minimum absolute atomic E-state index is 0.455.